The van der Waals surface area contributed by atoms with Gasteiger partial charge < -0.3 is 51.3 Å². The van der Waals surface area contributed by atoms with Gasteiger partial charge in [0.15, 0.2) is 0 Å². The summed E-state index contributed by atoms with van der Waals surface area (Å²) in [7, 11) is 1.00. The van der Waals surface area contributed by atoms with Crippen molar-refractivity contribution in [3.05, 3.63) is 332 Å². The molecule has 760 valence electrons. The van der Waals surface area contributed by atoms with Gasteiger partial charge in [0.1, 0.15) is 56.4 Å². The van der Waals surface area contributed by atoms with Crippen molar-refractivity contribution in [1.82, 2.24) is 5.16 Å². The number of phenolic OH excluding ortho intramolecular Hbond substituents is 3. The zero-order chi connectivity index (χ0) is 108. The maximum atomic E-state index is 13.7. The molecule has 0 aliphatic rings. The molecular weight excluding hydrogens is 2610 g/mol. The Kier molecular flexibility index (Phi) is 40.9. The average molecular weight is 2690 g/mol. The number of halogens is 28. The van der Waals surface area contributed by atoms with E-state index in [4.69, 9.17) is 35.9 Å². The van der Waals surface area contributed by atoms with Gasteiger partial charge in [-0.15, -0.1) is 11.1 Å². The number of rotatable bonds is 10. The van der Waals surface area contributed by atoms with Crippen molar-refractivity contribution >= 4 is 171 Å². The van der Waals surface area contributed by atoms with Crippen LogP contribution in [-0.2, 0) is 43.2 Å². The molecule has 0 aliphatic carbocycles. The number of hydrogen-bond donors (Lipinski definition) is 6. The fourth-order valence-corrected chi connectivity index (χ4v) is 17.6. The molecule has 13 aromatic carbocycles. The Labute approximate surface area is 896 Å². The number of aromatic hydroxyl groups is 3. The zero-order valence-corrected chi connectivity index (χ0v) is 92.2. The van der Waals surface area contributed by atoms with Crippen LogP contribution in [-0.4, -0.2) is 58.0 Å². The highest BCUT2D eigenvalue weighted by atomic mass is 127. The molecule has 0 radical (unpaired) electrons. The lowest BCUT2D eigenvalue weighted by Crippen LogP contribution is -2.16. The fraction of sp³-hybridized carbons (Fsp3) is 0.175. The molecule has 9 N–H and O–H groups in total. The molecule has 1 aromatic heterocycles. The normalized spacial score (nSPS) is 11.6. The molecule has 0 unspecified atom stereocenters. The lowest BCUT2D eigenvalue weighted by atomic mass is 9.88. The van der Waals surface area contributed by atoms with E-state index in [2.05, 4.69) is 75.9 Å². The monoisotopic (exact) mass is 2690 g/mol. The maximum absolute atomic E-state index is 13.7. The number of nitrogens with zero attached hydrogens (tertiary/aromatic N) is 1. The van der Waals surface area contributed by atoms with Crippen molar-refractivity contribution in [2.24, 2.45) is 0 Å². The number of ether oxygens (including phenoxy) is 3. The van der Waals surface area contributed by atoms with Crippen LogP contribution in [0.2, 0.25) is 39.3 Å². The molecule has 0 saturated heterocycles. The first-order valence-electron chi connectivity index (χ1n) is 41.5. The van der Waals surface area contributed by atoms with Crippen LogP contribution < -0.4 is 31.4 Å². The summed E-state index contributed by atoms with van der Waals surface area (Å²) in [5, 5.41) is 32.2. The van der Waals surface area contributed by atoms with Gasteiger partial charge in [-0.25, -0.2) is 0 Å². The molecule has 14 rings (SSSR count). The number of alkyl halides is 21. The van der Waals surface area contributed by atoms with Crippen LogP contribution in [0.3, 0.4) is 0 Å². The van der Waals surface area contributed by atoms with E-state index in [1.807, 2.05) is 84.5 Å². The summed E-state index contributed by atoms with van der Waals surface area (Å²) in [5.74, 6) is 8.51. The Bertz CT molecular complexity index is 6850. The summed E-state index contributed by atoms with van der Waals surface area (Å²) in [5.41, 5.74) is 27.7. The molecule has 41 heteroatoms. The van der Waals surface area contributed by atoms with Gasteiger partial charge in [-0.1, -0.05) is 129 Å². The minimum absolute atomic E-state index is 0.0309. The first-order valence-corrected chi connectivity index (χ1v) is 55.1. The van der Waals surface area contributed by atoms with Crippen molar-refractivity contribution in [3.63, 3.8) is 0 Å². The predicted molar refractivity (Wildman–Crippen MR) is 570 cm³/mol. The first kappa shape index (κ1) is 119. The topological polar surface area (TPSA) is 192 Å². The third-order valence-electron chi connectivity index (χ3n) is 19.9. The minimum Gasteiger partial charge on any atom is -0.508 e. The Morgan fingerprint density at radius 1 is 0.306 bits per heavy atom. The van der Waals surface area contributed by atoms with E-state index in [0.717, 1.165) is 84.9 Å². The van der Waals surface area contributed by atoms with Crippen LogP contribution in [0, 0.1) is 51.1 Å². The Balaban J connectivity index is 0.000000208. The standard InChI is InChI=1S/C23H22F3NO2Si.C18H16BrF3OSi.C14H9BrF3IO.C14H11F3INO.C14H12F3NO.C13H7BrF3IO.C7H5F3IN/c1-14-21(15(2)29-27-14)22-17(10-11-30(3,4)5)12-18(23(24,25)26)13-20(22)16-6-8-19(28)9-7-16;1-24(2,3)9-8-13-10-14(18(20,21)22)11-16(17(13)19)12-4-6-15(23)7-5-12;1-20-10-4-2-8(3-5-10)11-6-9(14(16,17)18)7-12(19)13(11)15;1-20-10-4-2-8(3-5-10)11-6-9(14(15,16)17)7-12(18)13(11)19;1-19-11-5-2-9(3-6-11)12-8-10(14(15,16)17)4-7-13(12)18;14-12-10(7-1-3-9(19)4-2-7)5-8(6-11(12)18)13(15,16)17;8-7(9,10)4-1-2-6(12)5(11)3-4/h6-9,12-13,28H,1-5H3;4-7,10-11,23H,1-3H3;2-7H,1H3;2-7H,19H2,1H3;2-8H,18H2,1H3;1-6,19H;1-3H,12H2. The van der Waals surface area contributed by atoms with E-state index in [1.165, 1.54) is 69.9 Å². The minimum atomic E-state index is -4.53. The van der Waals surface area contributed by atoms with Gasteiger partial charge in [0.2, 0.25) is 0 Å². The largest absolute Gasteiger partial charge is 0.508 e. The Morgan fingerprint density at radius 3 is 0.896 bits per heavy atom. The SMILES string of the molecule is COc1ccc(-c2cc(C(F)(F)F)cc(I)c2Br)cc1.COc1ccc(-c2cc(C(F)(F)F)cc(I)c2N)cc1.COc1ccc(-c2cc(C(F)(F)F)ccc2N)cc1.C[Si](C)(C)C#Cc1cc(C(F)(F)F)cc(-c2ccc(O)cc2)c1Br.Cc1noc(C)c1-c1c(C#C[Si](C)(C)C)cc(C(F)(F)F)cc1-c1ccc(O)cc1.Nc1ccc(C(F)(F)F)cc1I.Oc1ccc(-c2cc(C(F)(F)F)cc(I)c2Br)cc1. The number of anilines is 3. The number of aromatic nitrogens is 1. The summed E-state index contributed by atoms with van der Waals surface area (Å²) in [6.45, 7) is 15.7. The molecule has 0 bridgehead atoms. The van der Waals surface area contributed by atoms with Crippen LogP contribution in [0.5, 0.6) is 34.5 Å². The predicted octanol–water partition coefficient (Wildman–Crippen LogP) is 35.3. The van der Waals surface area contributed by atoms with Gasteiger partial charge in [-0.3, -0.25) is 0 Å². The molecule has 0 fully saturated rings. The highest BCUT2D eigenvalue weighted by Gasteiger charge is 2.39. The second kappa shape index (κ2) is 49.5. The van der Waals surface area contributed by atoms with Crippen molar-refractivity contribution < 1.29 is 126 Å². The first-order chi connectivity index (χ1) is 66.6. The number of aryl methyl sites for hydroxylation is 2. The van der Waals surface area contributed by atoms with Gasteiger partial charge in [0, 0.05) is 72.5 Å². The van der Waals surface area contributed by atoms with Gasteiger partial charge in [-0.2, -0.15) is 92.2 Å². The van der Waals surface area contributed by atoms with Gasteiger partial charge >= 0.3 is 43.2 Å². The summed E-state index contributed by atoms with van der Waals surface area (Å²) in [6, 6.07) is 55.9. The van der Waals surface area contributed by atoms with E-state index in [0.29, 0.717) is 157 Å². The Morgan fingerprint density at radius 2 is 0.569 bits per heavy atom. The summed E-state index contributed by atoms with van der Waals surface area (Å²) >= 11 is 17.3. The molecule has 0 atom stereocenters. The fourth-order valence-electron chi connectivity index (χ4n) is 12.7. The number of phenols is 3. The van der Waals surface area contributed by atoms with Crippen molar-refractivity contribution in [2.45, 2.75) is 96.4 Å². The molecule has 144 heavy (non-hydrogen) atoms. The maximum Gasteiger partial charge on any atom is 0.416 e. The number of nitrogen functional groups attached to an aromatic ring is 3. The third kappa shape index (κ3) is 34.1. The van der Waals surface area contributed by atoms with E-state index in [-0.39, 0.29) is 22.8 Å². The molecule has 0 saturated carbocycles. The number of nitrogens with two attached hydrogens (primary N) is 3. The second-order valence-electron chi connectivity index (χ2n) is 32.9. The van der Waals surface area contributed by atoms with Gasteiger partial charge in [0.25, 0.3) is 0 Å². The van der Waals surface area contributed by atoms with Crippen molar-refractivity contribution in [2.75, 3.05) is 38.5 Å². The van der Waals surface area contributed by atoms with Gasteiger partial charge in [-0.05, 0) is 377 Å². The molecule has 0 amide bonds. The van der Waals surface area contributed by atoms with Crippen molar-refractivity contribution in [1.29, 1.82) is 0 Å². The molecule has 14 aromatic rings. The Hall–Kier alpha value is -10.3. The molecule has 0 spiro atoms. The van der Waals surface area contributed by atoms with E-state index >= 15 is 0 Å². The average Bonchev–Trinajstić information content (AvgIpc) is 1.43. The van der Waals surface area contributed by atoms with E-state index in [1.54, 1.807) is 168 Å². The summed E-state index contributed by atoms with van der Waals surface area (Å²) < 4.78 is 295. The van der Waals surface area contributed by atoms with Gasteiger partial charge in [0.05, 0.1) is 71.7 Å². The van der Waals surface area contributed by atoms with E-state index < -0.39 is 98.3 Å². The lowest BCUT2D eigenvalue weighted by Gasteiger charge is -2.17. The number of hydrogen-bond acceptors (Lipinski definition) is 11. The zero-order valence-electron chi connectivity index (χ0n) is 76.8. The highest BCUT2D eigenvalue weighted by Crippen LogP contribution is 2.48. The van der Waals surface area contributed by atoms with E-state index in [9.17, 15) is 108 Å². The van der Waals surface area contributed by atoms with Crippen LogP contribution in [0.15, 0.2) is 261 Å². The van der Waals surface area contributed by atoms with Crippen LogP contribution in [0.25, 0.3) is 77.9 Å². The number of benzene rings is 13. The summed E-state index contributed by atoms with van der Waals surface area (Å²) in [6.07, 6.45) is -30.8. The van der Waals surface area contributed by atoms with Crippen LogP contribution in [0.1, 0.15) is 61.5 Å². The van der Waals surface area contributed by atoms with Crippen molar-refractivity contribution in [3.8, 4) is 135 Å². The molecule has 0 aliphatic heterocycles. The highest BCUT2D eigenvalue weighted by molar-refractivity contribution is 14.1. The third-order valence-corrected chi connectivity index (χ3v) is 29.2. The smallest absolute Gasteiger partial charge is 0.416 e. The van der Waals surface area contributed by atoms with Crippen LogP contribution >= 0.6 is 138 Å². The van der Waals surface area contributed by atoms with Crippen LogP contribution in [0.4, 0.5) is 109 Å². The molecule has 11 nitrogen and oxygen atoms in total. The lowest BCUT2D eigenvalue weighted by molar-refractivity contribution is -0.138. The quantitative estimate of drug-likeness (QED) is 0.0251. The number of methoxy groups -OCH3 is 3. The summed E-state index contributed by atoms with van der Waals surface area (Å²) in [4.78, 5) is 0. The molecule has 1 heterocycles. The molecular formula is C103H82Br3F21I4N4O7Si2. The second-order valence-corrected chi connectivity index (χ2v) is 49.5.